The Balaban J connectivity index is 3.26. The number of alkyl halides is 3. The smallest absolute Gasteiger partial charge is 0.465 e. The van der Waals surface area contributed by atoms with Gasteiger partial charge in [0.15, 0.2) is 0 Å². The van der Waals surface area contributed by atoms with Gasteiger partial charge in [-0.1, -0.05) is 0 Å². The van der Waals surface area contributed by atoms with Gasteiger partial charge >= 0.3 is 18.1 Å². The predicted octanol–water partition coefficient (Wildman–Crippen LogP) is 2.84. The molecule has 0 spiro atoms. The number of anilines is 1. The van der Waals surface area contributed by atoms with Crippen molar-refractivity contribution >= 4 is 28.9 Å². The number of hydrogen-bond acceptors (Lipinski definition) is 4. The molecule has 19 heavy (non-hydrogen) atoms. The zero-order valence-electron chi connectivity index (χ0n) is 10.4. The fourth-order valence-corrected chi connectivity index (χ4v) is 2.30. The summed E-state index contributed by atoms with van der Waals surface area (Å²) in [5.74, 6) is -2.78. The van der Waals surface area contributed by atoms with Gasteiger partial charge in [0.2, 0.25) is 0 Å². The van der Waals surface area contributed by atoms with Crippen LogP contribution in [0, 0.1) is 0 Å². The number of nitrogens with zero attached hydrogens (tertiary/aromatic N) is 1. The van der Waals surface area contributed by atoms with Gasteiger partial charge in [0.1, 0.15) is 4.88 Å². The minimum Gasteiger partial charge on any atom is -0.465 e. The molecule has 8 heteroatoms. The van der Waals surface area contributed by atoms with E-state index in [1.807, 2.05) is 0 Å². The Morgan fingerprint density at radius 2 is 1.95 bits per heavy atom. The van der Waals surface area contributed by atoms with Crippen LogP contribution in [-0.2, 0) is 9.53 Å². The lowest BCUT2D eigenvalue weighted by Crippen LogP contribution is -2.45. The first-order chi connectivity index (χ1) is 8.70. The van der Waals surface area contributed by atoms with Crippen LogP contribution in [0.2, 0.25) is 0 Å². The summed E-state index contributed by atoms with van der Waals surface area (Å²) in [6.07, 6.45) is -5.00. The van der Waals surface area contributed by atoms with Crippen LogP contribution in [0.3, 0.4) is 0 Å². The highest BCUT2D eigenvalue weighted by Gasteiger charge is 2.45. The second kappa shape index (κ2) is 5.60. The molecule has 0 bridgehead atoms. The van der Waals surface area contributed by atoms with E-state index >= 15 is 0 Å². The molecule has 1 aromatic heterocycles. The van der Waals surface area contributed by atoms with Crippen molar-refractivity contribution in [3.8, 4) is 0 Å². The molecule has 0 saturated heterocycles. The molecule has 1 amide bonds. The molecular weight excluding hydrogens is 283 g/mol. The molecule has 0 fully saturated rings. The van der Waals surface area contributed by atoms with Crippen LogP contribution >= 0.6 is 11.3 Å². The van der Waals surface area contributed by atoms with E-state index in [1.54, 1.807) is 0 Å². The van der Waals surface area contributed by atoms with Crippen molar-refractivity contribution in [3.63, 3.8) is 0 Å². The van der Waals surface area contributed by atoms with Crippen molar-refractivity contribution in [2.75, 3.05) is 12.0 Å². The molecule has 4 nitrogen and oxygen atoms in total. The molecule has 0 aliphatic heterocycles. The highest BCUT2D eigenvalue weighted by Crippen LogP contribution is 2.32. The zero-order chi connectivity index (χ0) is 14.8. The number of rotatable bonds is 3. The van der Waals surface area contributed by atoms with Crippen molar-refractivity contribution in [2.24, 2.45) is 0 Å². The molecule has 0 radical (unpaired) electrons. The molecule has 1 heterocycles. The number of carbonyl (C=O) groups is 2. The second-order valence-corrected chi connectivity index (χ2v) is 4.81. The van der Waals surface area contributed by atoms with Crippen LogP contribution in [-0.4, -0.2) is 31.2 Å². The van der Waals surface area contributed by atoms with Crippen LogP contribution in [0.5, 0.6) is 0 Å². The van der Waals surface area contributed by atoms with Crippen molar-refractivity contribution < 1.29 is 27.5 Å². The van der Waals surface area contributed by atoms with Crippen LogP contribution in [0.1, 0.15) is 23.5 Å². The Bertz CT molecular complexity index is 482. The summed E-state index contributed by atoms with van der Waals surface area (Å²) in [5.41, 5.74) is -0.0887. The van der Waals surface area contributed by atoms with E-state index in [0.717, 1.165) is 18.4 Å². The predicted molar refractivity (Wildman–Crippen MR) is 64.3 cm³/mol. The quantitative estimate of drug-likeness (QED) is 0.806. The number of thiophene rings is 1. The van der Waals surface area contributed by atoms with Crippen LogP contribution in [0.4, 0.5) is 18.9 Å². The van der Waals surface area contributed by atoms with Crippen LogP contribution in [0.25, 0.3) is 0 Å². The van der Waals surface area contributed by atoms with Gasteiger partial charge in [0.25, 0.3) is 0 Å². The number of esters is 1. The Hall–Kier alpha value is -1.57. The maximum absolute atomic E-state index is 12.6. The molecule has 1 aromatic rings. The molecule has 1 rings (SSSR count). The molecule has 106 valence electrons. The summed E-state index contributed by atoms with van der Waals surface area (Å²) >= 11 is 0.920. The van der Waals surface area contributed by atoms with Gasteiger partial charge in [-0.25, -0.2) is 4.79 Å². The van der Waals surface area contributed by atoms with Gasteiger partial charge in [-0.05, 0) is 25.3 Å². The molecule has 0 aliphatic rings. The van der Waals surface area contributed by atoms with E-state index < -0.39 is 24.1 Å². The third-order valence-corrected chi connectivity index (χ3v) is 3.14. The number of methoxy groups -OCH3 is 1. The summed E-state index contributed by atoms with van der Waals surface area (Å²) in [6, 6.07) is 0.549. The SMILES string of the molecule is COC(=O)c1sccc1N(C(=O)C(F)(F)F)C(C)C. The fraction of sp³-hybridized carbons (Fsp3) is 0.455. The normalized spacial score (nSPS) is 11.5. The summed E-state index contributed by atoms with van der Waals surface area (Å²) in [6.45, 7) is 2.87. The van der Waals surface area contributed by atoms with Crippen LogP contribution in [0.15, 0.2) is 11.4 Å². The first-order valence-corrected chi connectivity index (χ1v) is 6.14. The Kier molecular flexibility index (Phi) is 4.56. The van der Waals surface area contributed by atoms with E-state index in [0.29, 0.717) is 4.90 Å². The highest BCUT2D eigenvalue weighted by molar-refractivity contribution is 7.12. The first kappa shape index (κ1) is 15.5. The second-order valence-electron chi connectivity index (χ2n) is 3.89. The number of hydrogen-bond donors (Lipinski definition) is 0. The third-order valence-electron chi connectivity index (χ3n) is 2.25. The number of ether oxygens (including phenoxy) is 1. The largest absolute Gasteiger partial charge is 0.471 e. The van der Waals surface area contributed by atoms with E-state index in [9.17, 15) is 22.8 Å². The van der Waals surface area contributed by atoms with Gasteiger partial charge in [-0.2, -0.15) is 13.2 Å². The third kappa shape index (κ3) is 3.25. The zero-order valence-corrected chi connectivity index (χ0v) is 11.3. The Morgan fingerprint density at radius 3 is 2.37 bits per heavy atom. The average molecular weight is 295 g/mol. The molecule has 0 unspecified atom stereocenters. The lowest BCUT2D eigenvalue weighted by atomic mass is 10.2. The van der Waals surface area contributed by atoms with E-state index in [4.69, 9.17) is 0 Å². The maximum Gasteiger partial charge on any atom is 0.471 e. The van der Waals surface area contributed by atoms with Crippen LogP contribution < -0.4 is 4.90 Å². The van der Waals surface area contributed by atoms with Crippen molar-refractivity contribution in [3.05, 3.63) is 16.3 Å². The lowest BCUT2D eigenvalue weighted by Gasteiger charge is -2.27. The lowest BCUT2D eigenvalue weighted by molar-refractivity contribution is -0.170. The average Bonchev–Trinajstić information content (AvgIpc) is 2.75. The van der Waals surface area contributed by atoms with Gasteiger partial charge in [-0.3, -0.25) is 4.79 Å². The summed E-state index contributed by atoms with van der Waals surface area (Å²) in [4.78, 5) is 23.4. The van der Waals surface area contributed by atoms with Gasteiger partial charge in [0.05, 0.1) is 12.8 Å². The maximum atomic E-state index is 12.6. The number of carbonyl (C=O) groups excluding carboxylic acids is 2. The molecule has 0 aromatic carbocycles. The number of amides is 1. The van der Waals surface area contributed by atoms with E-state index in [2.05, 4.69) is 4.74 Å². The monoisotopic (exact) mass is 295 g/mol. The Labute approximate surface area is 111 Å². The molecule has 0 aliphatic carbocycles. The topological polar surface area (TPSA) is 46.6 Å². The van der Waals surface area contributed by atoms with E-state index in [1.165, 1.54) is 25.3 Å². The minimum absolute atomic E-state index is 0.0335. The number of halogens is 3. The first-order valence-electron chi connectivity index (χ1n) is 5.26. The van der Waals surface area contributed by atoms with Gasteiger partial charge in [0, 0.05) is 6.04 Å². The van der Waals surface area contributed by atoms with Crippen molar-refractivity contribution in [1.82, 2.24) is 0 Å². The van der Waals surface area contributed by atoms with Gasteiger partial charge in [-0.15, -0.1) is 11.3 Å². The summed E-state index contributed by atoms with van der Waals surface area (Å²) in [7, 11) is 1.12. The standard InChI is InChI=1S/C11H12F3NO3S/c1-6(2)15(10(17)11(12,13)14)7-4-5-19-8(7)9(16)18-3/h4-6H,1-3H3. The minimum atomic E-state index is -5.00. The molecular formula is C11H12F3NO3S. The molecule has 0 atom stereocenters. The Morgan fingerprint density at radius 1 is 1.37 bits per heavy atom. The van der Waals surface area contributed by atoms with Gasteiger partial charge < -0.3 is 9.64 Å². The fourth-order valence-electron chi connectivity index (χ4n) is 1.50. The van der Waals surface area contributed by atoms with Crippen molar-refractivity contribution in [1.29, 1.82) is 0 Å². The molecule has 0 saturated carbocycles. The van der Waals surface area contributed by atoms with Crippen molar-refractivity contribution in [2.45, 2.75) is 26.1 Å². The highest BCUT2D eigenvalue weighted by atomic mass is 32.1. The summed E-state index contributed by atoms with van der Waals surface area (Å²) in [5, 5.41) is 1.43. The van der Waals surface area contributed by atoms with E-state index in [-0.39, 0.29) is 10.6 Å². The molecule has 0 N–H and O–H groups in total. The summed E-state index contributed by atoms with van der Waals surface area (Å²) < 4.78 is 42.2.